The van der Waals surface area contributed by atoms with Crippen LogP contribution in [0, 0.1) is 34.5 Å². The van der Waals surface area contributed by atoms with Gasteiger partial charge < -0.3 is 4.74 Å². The van der Waals surface area contributed by atoms with E-state index < -0.39 is 0 Å². The van der Waals surface area contributed by atoms with Crippen LogP contribution in [0.3, 0.4) is 0 Å². The second kappa shape index (κ2) is 5.18. The van der Waals surface area contributed by atoms with Gasteiger partial charge in [0.2, 0.25) is 0 Å². The number of hydrogen-bond donors (Lipinski definition) is 0. The third kappa shape index (κ3) is 2.00. The first-order valence-electron chi connectivity index (χ1n) is 9.67. The van der Waals surface area contributed by atoms with E-state index in [0.29, 0.717) is 29.1 Å². The van der Waals surface area contributed by atoms with Gasteiger partial charge in [-0.2, -0.15) is 0 Å². The summed E-state index contributed by atoms with van der Waals surface area (Å²) in [6.07, 6.45) is 10.8. The molecule has 0 aliphatic heterocycles. The quantitative estimate of drug-likeness (QED) is 0.651. The van der Waals surface area contributed by atoms with Crippen molar-refractivity contribution in [1.29, 1.82) is 0 Å². The summed E-state index contributed by atoms with van der Waals surface area (Å²) in [5.74, 6) is 3.38. The molecule has 23 heavy (non-hydrogen) atoms. The van der Waals surface area contributed by atoms with Crippen LogP contribution in [0.1, 0.15) is 65.7 Å². The summed E-state index contributed by atoms with van der Waals surface area (Å²) in [4.78, 5) is 12.5. The van der Waals surface area contributed by atoms with Crippen molar-refractivity contribution in [2.45, 2.75) is 71.8 Å². The molecule has 7 atom stereocenters. The molecule has 0 aromatic carbocycles. The molecule has 3 fully saturated rings. The van der Waals surface area contributed by atoms with Crippen LogP contribution >= 0.6 is 0 Å². The Bertz CT molecular complexity index is 550. The molecule has 0 heterocycles. The first kappa shape index (κ1) is 15.9. The second-order valence-electron chi connectivity index (χ2n) is 9.24. The van der Waals surface area contributed by atoms with E-state index >= 15 is 0 Å². The van der Waals surface area contributed by atoms with Gasteiger partial charge in [0.05, 0.1) is 6.10 Å². The molecule has 2 heteroatoms. The molecule has 0 bridgehead atoms. The van der Waals surface area contributed by atoms with Crippen molar-refractivity contribution < 1.29 is 9.53 Å². The Hall–Kier alpha value is -0.630. The van der Waals surface area contributed by atoms with Gasteiger partial charge >= 0.3 is 0 Å². The molecular weight excluding hydrogens is 284 g/mol. The fourth-order valence-corrected chi connectivity index (χ4v) is 7.00. The van der Waals surface area contributed by atoms with Crippen molar-refractivity contribution >= 4 is 5.78 Å². The van der Waals surface area contributed by atoms with Crippen LogP contribution in [-0.2, 0) is 9.53 Å². The van der Waals surface area contributed by atoms with Crippen LogP contribution < -0.4 is 0 Å². The van der Waals surface area contributed by atoms with Crippen molar-refractivity contribution in [2.75, 3.05) is 7.11 Å². The van der Waals surface area contributed by atoms with Crippen LogP contribution in [0.5, 0.6) is 0 Å². The molecule has 0 aromatic heterocycles. The number of Topliss-reactive ketones (excluding diaryl/α,β-unsaturated/α-hetero) is 1. The number of allylic oxidation sites excluding steroid dienone is 1. The predicted octanol–water partition coefficient (Wildman–Crippen LogP) is 4.78. The number of methoxy groups -OCH3 is 1. The van der Waals surface area contributed by atoms with Crippen LogP contribution in [0.2, 0.25) is 0 Å². The fourth-order valence-electron chi connectivity index (χ4n) is 7.00. The molecule has 0 aromatic rings. The minimum Gasteiger partial charge on any atom is -0.381 e. The maximum Gasteiger partial charge on any atom is 0.139 e. The van der Waals surface area contributed by atoms with Gasteiger partial charge in [-0.1, -0.05) is 32.4 Å². The Kier molecular flexibility index (Phi) is 3.58. The van der Waals surface area contributed by atoms with E-state index in [-0.39, 0.29) is 5.41 Å². The number of carbonyl (C=O) groups excluding carboxylic acids is 1. The summed E-state index contributed by atoms with van der Waals surface area (Å²) in [5.41, 5.74) is 2.00. The van der Waals surface area contributed by atoms with E-state index in [9.17, 15) is 4.79 Å². The zero-order chi connectivity index (χ0) is 16.4. The molecule has 4 aliphatic rings. The fraction of sp³-hybridized carbons (Fsp3) is 0.857. The van der Waals surface area contributed by atoms with Crippen molar-refractivity contribution in [2.24, 2.45) is 34.5 Å². The molecule has 2 unspecified atom stereocenters. The minimum absolute atomic E-state index is 0.00413. The molecule has 3 saturated carbocycles. The smallest absolute Gasteiger partial charge is 0.139 e. The van der Waals surface area contributed by atoms with Gasteiger partial charge in [0.15, 0.2) is 0 Å². The van der Waals surface area contributed by atoms with Gasteiger partial charge in [-0.25, -0.2) is 0 Å². The third-order valence-corrected chi connectivity index (χ3v) is 8.67. The Morgan fingerprint density at radius 2 is 2.00 bits per heavy atom. The Morgan fingerprint density at radius 3 is 2.74 bits per heavy atom. The molecular formula is C21H32O2. The molecule has 128 valence electrons. The molecule has 0 N–H and O–H groups in total. The van der Waals surface area contributed by atoms with E-state index in [4.69, 9.17) is 4.74 Å². The zero-order valence-electron chi connectivity index (χ0n) is 15.2. The average Bonchev–Trinajstić information content (AvgIpc) is 2.84. The van der Waals surface area contributed by atoms with Gasteiger partial charge in [0, 0.05) is 18.9 Å². The summed E-state index contributed by atoms with van der Waals surface area (Å²) in [6, 6.07) is 0. The summed E-state index contributed by atoms with van der Waals surface area (Å²) in [6.45, 7) is 7.25. The van der Waals surface area contributed by atoms with Crippen LogP contribution in [0.15, 0.2) is 11.6 Å². The highest BCUT2D eigenvalue weighted by atomic mass is 16.5. The summed E-state index contributed by atoms with van der Waals surface area (Å²) < 4.78 is 5.71. The number of ketones is 1. The number of rotatable bonds is 1. The van der Waals surface area contributed by atoms with E-state index in [1.807, 2.05) is 7.11 Å². The third-order valence-electron chi connectivity index (χ3n) is 8.67. The Labute approximate surface area is 141 Å². The van der Waals surface area contributed by atoms with Gasteiger partial charge in [-0.05, 0) is 67.6 Å². The van der Waals surface area contributed by atoms with Crippen molar-refractivity contribution in [3.63, 3.8) is 0 Å². The van der Waals surface area contributed by atoms with E-state index in [2.05, 4.69) is 26.8 Å². The normalized spacial score (nSPS) is 52.4. The van der Waals surface area contributed by atoms with E-state index in [0.717, 1.165) is 37.5 Å². The highest BCUT2D eigenvalue weighted by Crippen LogP contribution is 2.65. The summed E-state index contributed by atoms with van der Waals surface area (Å²) >= 11 is 0. The van der Waals surface area contributed by atoms with Crippen molar-refractivity contribution in [1.82, 2.24) is 0 Å². The van der Waals surface area contributed by atoms with Gasteiger partial charge in [-0.15, -0.1) is 0 Å². The molecule has 4 rings (SSSR count). The average molecular weight is 316 g/mol. The summed E-state index contributed by atoms with van der Waals surface area (Å²) in [7, 11) is 1.86. The lowest BCUT2D eigenvalue weighted by Gasteiger charge is -2.59. The largest absolute Gasteiger partial charge is 0.381 e. The van der Waals surface area contributed by atoms with Gasteiger partial charge in [-0.3, -0.25) is 4.79 Å². The first-order chi connectivity index (χ1) is 10.9. The second-order valence-corrected chi connectivity index (χ2v) is 9.24. The molecule has 4 aliphatic carbocycles. The maximum absolute atomic E-state index is 12.5. The molecule has 0 saturated heterocycles. The monoisotopic (exact) mass is 316 g/mol. The van der Waals surface area contributed by atoms with E-state index in [1.54, 1.807) is 5.57 Å². The Morgan fingerprint density at radius 1 is 1.22 bits per heavy atom. The van der Waals surface area contributed by atoms with Crippen LogP contribution in [0.25, 0.3) is 0 Å². The minimum atomic E-state index is -0.00413. The van der Waals surface area contributed by atoms with Crippen molar-refractivity contribution in [3.8, 4) is 0 Å². The standard InChI is InChI=1S/C21H32O2/c1-13-11-15(23-4)12-14-5-6-16-17-7-8-19(22)20(17,2)10-9-18(16)21(13,14)3/h5,13,15-18H,6-12H2,1-4H3/t13?,15?,16-,17-,18+,20-,21-/m0/s1. The number of ether oxygens (including phenoxy) is 1. The lowest BCUT2D eigenvalue weighted by atomic mass is 9.46. The SMILES string of the molecule is COC1CC2=CC[C@@H]3[C@@H](CC[C@]4(C)C(=O)CC[C@@H]34)[C@@]2(C)C(C)C1. The Balaban J connectivity index is 1.70. The molecule has 0 radical (unpaired) electrons. The lowest BCUT2D eigenvalue weighted by molar-refractivity contribution is -0.133. The van der Waals surface area contributed by atoms with Gasteiger partial charge in [0.25, 0.3) is 0 Å². The predicted molar refractivity (Wildman–Crippen MR) is 92.1 cm³/mol. The van der Waals surface area contributed by atoms with Gasteiger partial charge in [0.1, 0.15) is 5.78 Å². The maximum atomic E-state index is 12.5. The molecule has 0 amide bonds. The first-order valence-corrected chi connectivity index (χ1v) is 9.67. The number of carbonyl (C=O) groups is 1. The number of hydrogen-bond acceptors (Lipinski definition) is 2. The topological polar surface area (TPSA) is 26.3 Å². The molecule has 2 nitrogen and oxygen atoms in total. The zero-order valence-corrected chi connectivity index (χ0v) is 15.2. The number of fused-ring (bicyclic) bond motifs is 5. The van der Waals surface area contributed by atoms with Crippen LogP contribution in [-0.4, -0.2) is 19.0 Å². The van der Waals surface area contributed by atoms with E-state index in [1.165, 1.54) is 19.3 Å². The van der Waals surface area contributed by atoms with Crippen molar-refractivity contribution in [3.05, 3.63) is 11.6 Å². The highest BCUT2D eigenvalue weighted by molar-refractivity contribution is 5.87. The highest BCUT2D eigenvalue weighted by Gasteiger charge is 2.59. The van der Waals surface area contributed by atoms with Crippen LogP contribution in [0.4, 0.5) is 0 Å². The lowest BCUT2D eigenvalue weighted by Crippen LogP contribution is -2.53. The summed E-state index contributed by atoms with van der Waals surface area (Å²) in [5, 5.41) is 0. The molecule has 0 spiro atoms.